The minimum Gasteiger partial charge on any atom is -0.306 e. The predicted molar refractivity (Wildman–Crippen MR) is 66.6 cm³/mol. The number of aromatic nitrogens is 3. The molecule has 2 amide bonds. The molecule has 2 N–H and O–H groups in total. The minimum absolute atomic E-state index is 0.231. The van der Waals surface area contributed by atoms with Crippen LogP contribution in [0.3, 0.4) is 0 Å². The van der Waals surface area contributed by atoms with Gasteiger partial charge in [-0.05, 0) is 28.1 Å². The number of rotatable bonds is 2. The summed E-state index contributed by atoms with van der Waals surface area (Å²) in [6, 6.07) is 3.04. The first-order valence-electron chi connectivity index (χ1n) is 4.69. The summed E-state index contributed by atoms with van der Waals surface area (Å²) in [5, 5.41) is 5.10. The van der Waals surface area contributed by atoms with E-state index in [1.54, 1.807) is 36.9 Å². The first-order chi connectivity index (χ1) is 8.24. The van der Waals surface area contributed by atoms with Crippen LogP contribution in [0.1, 0.15) is 0 Å². The molecule has 2 heterocycles. The fourth-order valence-electron chi connectivity index (χ4n) is 1.08. The Morgan fingerprint density at radius 2 is 1.94 bits per heavy atom. The molecule has 2 aromatic heterocycles. The second-order valence-electron chi connectivity index (χ2n) is 3.05. The van der Waals surface area contributed by atoms with E-state index >= 15 is 0 Å². The highest BCUT2D eigenvalue weighted by atomic mass is 79.9. The maximum atomic E-state index is 11.5. The molecule has 0 aliphatic carbocycles. The number of urea groups is 1. The Morgan fingerprint density at radius 1 is 1.18 bits per heavy atom. The van der Waals surface area contributed by atoms with Gasteiger partial charge in [0.1, 0.15) is 0 Å². The molecule has 0 saturated carbocycles. The first kappa shape index (κ1) is 11.5. The Hall–Kier alpha value is -2.02. The Kier molecular flexibility index (Phi) is 3.61. The van der Waals surface area contributed by atoms with Crippen LogP contribution in [-0.2, 0) is 0 Å². The molecule has 0 saturated heterocycles. The number of carbonyl (C=O) groups is 1. The second kappa shape index (κ2) is 5.35. The van der Waals surface area contributed by atoms with Gasteiger partial charge in [0.25, 0.3) is 0 Å². The lowest BCUT2D eigenvalue weighted by Crippen LogP contribution is -2.20. The number of pyridine rings is 1. The molecule has 0 radical (unpaired) electrons. The zero-order valence-electron chi connectivity index (χ0n) is 8.59. The molecule has 6 nitrogen and oxygen atoms in total. The van der Waals surface area contributed by atoms with Gasteiger partial charge in [-0.15, -0.1) is 0 Å². The van der Waals surface area contributed by atoms with E-state index in [0.717, 1.165) is 4.47 Å². The molecule has 0 aliphatic rings. The third-order valence-electron chi connectivity index (χ3n) is 1.77. The number of hydrogen-bond donors (Lipinski definition) is 2. The summed E-state index contributed by atoms with van der Waals surface area (Å²) < 4.78 is 0.746. The van der Waals surface area contributed by atoms with E-state index in [1.807, 2.05) is 0 Å². The fraction of sp³-hybridized carbons (Fsp3) is 0. The molecular weight excluding hydrogens is 286 g/mol. The third-order valence-corrected chi connectivity index (χ3v) is 2.17. The number of carbonyl (C=O) groups excluding carboxylic acids is 1. The average molecular weight is 294 g/mol. The Labute approximate surface area is 106 Å². The molecule has 0 aliphatic heterocycles. The van der Waals surface area contributed by atoms with Crippen molar-refractivity contribution < 1.29 is 4.79 Å². The van der Waals surface area contributed by atoms with Gasteiger partial charge in [0.05, 0.1) is 16.4 Å². The van der Waals surface area contributed by atoms with Crippen LogP contribution >= 0.6 is 15.9 Å². The van der Waals surface area contributed by atoms with Crippen molar-refractivity contribution in [1.82, 2.24) is 15.0 Å². The van der Waals surface area contributed by atoms with Gasteiger partial charge < -0.3 is 5.32 Å². The van der Waals surface area contributed by atoms with E-state index in [4.69, 9.17) is 0 Å². The molecule has 0 unspecified atom stereocenters. The van der Waals surface area contributed by atoms with E-state index in [1.165, 1.54) is 0 Å². The number of nitrogens with zero attached hydrogens (tertiary/aromatic N) is 3. The summed E-state index contributed by atoms with van der Waals surface area (Å²) in [6.07, 6.45) is 6.27. The van der Waals surface area contributed by atoms with Crippen molar-refractivity contribution in [2.45, 2.75) is 0 Å². The summed E-state index contributed by atoms with van der Waals surface area (Å²) in [7, 11) is 0. The Morgan fingerprint density at radius 3 is 2.59 bits per heavy atom. The molecule has 7 heteroatoms. The molecule has 0 atom stereocenters. The van der Waals surface area contributed by atoms with Crippen molar-refractivity contribution in [2.75, 3.05) is 10.6 Å². The minimum atomic E-state index is -0.416. The highest BCUT2D eigenvalue weighted by molar-refractivity contribution is 9.10. The van der Waals surface area contributed by atoms with Gasteiger partial charge in [-0.1, -0.05) is 0 Å². The number of halogens is 1. The molecule has 0 aromatic carbocycles. The fourth-order valence-corrected chi connectivity index (χ4v) is 1.28. The maximum absolute atomic E-state index is 11.5. The molecular formula is C10H8BrN5O. The van der Waals surface area contributed by atoms with Gasteiger partial charge in [-0.3, -0.25) is 10.3 Å². The Bertz CT molecular complexity index is 502. The van der Waals surface area contributed by atoms with Gasteiger partial charge >= 0.3 is 6.03 Å². The van der Waals surface area contributed by atoms with Crippen molar-refractivity contribution in [3.63, 3.8) is 0 Å². The van der Waals surface area contributed by atoms with E-state index in [2.05, 4.69) is 41.5 Å². The van der Waals surface area contributed by atoms with Crippen LogP contribution in [0.15, 0.2) is 41.4 Å². The van der Waals surface area contributed by atoms with Crippen LogP contribution in [0, 0.1) is 0 Å². The van der Waals surface area contributed by atoms with Crippen LogP contribution in [0.2, 0.25) is 0 Å². The molecule has 17 heavy (non-hydrogen) atoms. The first-order valence-corrected chi connectivity index (χ1v) is 5.49. The summed E-state index contributed by atoms with van der Waals surface area (Å²) in [4.78, 5) is 23.2. The van der Waals surface area contributed by atoms with Gasteiger partial charge in [0, 0.05) is 18.6 Å². The summed E-state index contributed by atoms with van der Waals surface area (Å²) >= 11 is 3.20. The zero-order valence-corrected chi connectivity index (χ0v) is 10.2. The normalized spacial score (nSPS) is 9.71. The van der Waals surface area contributed by atoms with Gasteiger partial charge in [-0.25, -0.2) is 14.8 Å². The van der Waals surface area contributed by atoms with Crippen molar-refractivity contribution in [2.24, 2.45) is 0 Å². The topological polar surface area (TPSA) is 79.8 Å². The largest absolute Gasteiger partial charge is 0.326 e. The number of anilines is 2. The maximum Gasteiger partial charge on any atom is 0.326 e. The quantitative estimate of drug-likeness (QED) is 0.890. The number of amides is 2. The summed E-state index contributed by atoms with van der Waals surface area (Å²) in [5.74, 6) is 0.231. The second-order valence-corrected chi connectivity index (χ2v) is 3.96. The van der Waals surface area contributed by atoms with Crippen LogP contribution < -0.4 is 10.6 Å². The average Bonchev–Trinajstić information content (AvgIpc) is 2.33. The number of hydrogen-bond acceptors (Lipinski definition) is 4. The molecule has 2 rings (SSSR count). The highest BCUT2D eigenvalue weighted by Gasteiger charge is 2.03. The molecule has 0 bridgehead atoms. The predicted octanol–water partition coefficient (Wildman–Crippen LogP) is 2.28. The Balaban J connectivity index is 1.96. The van der Waals surface area contributed by atoms with E-state index in [-0.39, 0.29) is 5.95 Å². The van der Waals surface area contributed by atoms with Crippen molar-refractivity contribution in [3.05, 3.63) is 41.4 Å². The third kappa shape index (κ3) is 3.49. The van der Waals surface area contributed by atoms with E-state index in [9.17, 15) is 4.79 Å². The van der Waals surface area contributed by atoms with Crippen LogP contribution in [0.25, 0.3) is 0 Å². The number of nitrogens with one attached hydrogen (secondary N) is 2. The van der Waals surface area contributed by atoms with Gasteiger partial charge in [0.15, 0.2) is 0 Å². The highest BCUT2D eigenvalue weighted by Crippen LogP contribution is 2.07. The van der Waals surface area contributed by atoms with Crippen LogP contribution in [0.5, 0.6) is 0 Å². The van der Waals surface area contributed by atoms with Gasteiger partial charge in [-0.2, -0.15) is 0 Å². The zero-order chi connectivity index (χ0) is 12.1. The summed E-state index contributed by atoms with van der Waals surface area (Å²) in [6.45, 7) is 0. The lowest BCUT2D eigenvalue weighted by atomic mass is 10.4. The smallest absolute Gasteiger partial charge is 0.306 e. The molecule has 0 spiro atoms. The van der Waals surface area contributed by atoms with E-state index in [0.29, 0.717) is 5.69 Å². The summed E-state index contributed by atoms with van der Waals surface area (Å²) in [5.41, 5.74) is 0.599. The monoisotopic (exact) mass is 293 g/mol. The van der Waals surface area contributed by atoms with Crippen molar-refractivity contribution in [1.29, 1.82) is 0 Å². The van der Waals surface area contributed by atoms with Gasteiger partial charge in [0.2, 0.25) is 5.95 Å². The van der Waals surface area contributed by atoms with E-state index < -0.39 is 6.03 Å². The van der Waals surface area contributed by atoms with Crippen LogP contribution in [0.4, 0.5) is 16.4 Å². The molecule has 0 fully saturated rings. The lowest BCUT2D eigenvalue weighted by Gasteiger charge is -2.05. The SMILES string of the molecule is O=C(Nc1cccnc1)Nc1ncc(Br)cn1. The van der Waals surface area contributed by atoms with Crippen molar-refractivity contribution >= 4 is 33.6 Å². The molecule has 2 aromatic rings. The van der Waals surface area contributed by atoms with Crippen molar-refractivity contribution in [3.8, 4) is 0 Å². The molecule has 86 valence electrons. The standard InChI is InChI=1S/C10H8BrN5O/c11-7-4-13-9(14-5-7)16-10(17)15-8-2-1-3-12-6-8/h1-6H,(H2,13,14,15,16,17). The van der Waals surface area contributed by atoms with Crippen LogP contribution in [-0.4, -0.2) is 21.0 Å². The lowest BCUT2D eigenvalue weighted by molar-refractivity contribution is 0.262.